The Hall–Kier alpha value is -3.00. The molecule has 8 nitrogen and oxygen atoms in total. The van der Waals surface area contributed by atoms with Gasteiger partial charge in [-0.05, 0) is 27.7 Å². The summed E-state index contributed by atoms with van der Waals surface area (Å²) in [5.41, 5.74) is -0.450. The minimum atomic E-state index is -0.848. The highest BCUT2D eigenvalue weighted by atomic mass is 16.5. The first kappa shape index (κ1) is 17.4. The van der Waals surface area contributed by atoms with Gasteiger partial charge in [0.05, 0.1) is 0 Å². The molecule has 0 fully saturated rings. The van der Waals surface area contributed by atoms with Crippen molar-refractivity contribution in [3.63, 3.8) is 0 Å². The fourth-order valence-electron chi connectivity index (χ4n) is 2.31. The van der Waals surface area contributed by atoms with Crippen LogP contribution in [-0.4, -0.2) is 28.5 Å². The summed E-state index contributed by atoms with van der Waals surface area (Å²) < 4.78 is 9.80. The number of nitrogens with two attached hydrogens (primary N) is 1. The summed E-state index contributed by atoms with van der Waals surface area (Å²) in [7, 11) is 0. The second kappa shape index (κ2) is 6.25. The number of nitrogens with zero attached hydrogens (tertiary/aromatic N) is 1. The lowest BCUT2D eigenvalue weighted by Crippen LogP contribution is -2.35. The number of ketones is 2. The molecule has 126 valence electrons. The SMILES string of the molecule is CC1=CC(=O)/C(=C(\C)N(N)/C(C)=C2\C(=O)C=C(C)OC2=O)C(=O)O1. The molecule has 0 aromatic rings. The number of hydrazine groups is 1. The number of allylic oxidation sites excluding steroid dienone is 6. The molecule has 0 saturated carbocycles. The van der Waals surface area contributed by atoms with Crippen molar-refractivity contribution in [1.82, 2.24) is 5.01 Å². The zero-order chi connectivity index (χ0) is 18.2. The third-order valence-corrected chi connectivity index (χ3v) is 3.52. The number of rotatable bonds is 2. The molecule has 2 heterocycles. The Balaban J connectivity index is 2.50. The summed E-state index contributed by atoms with van der Waals surface area (Å²) in [5, 5.41) is 0.923. The molecule has 2 aliphatic heterocycles. The maximum absolute atomic E-state index is 12.0. The zero-order valence-electron chi connectivity index (χ0n) is 13.6. The molecular formula is C16H16N2O6. The first-order valence-electron chi connectivity index (χ1n) is 6.99. The van der Waals surface area contributed by atoms with Crippen molar-refractivity contribution in [2.75, 3.05) is 0 Å². The molecule has 2 rings (SSSR count). The molecule has 2 N–H and O–H groups in total. The molecule has 0 radical (unpaired) electrons. The number of cyclic esters (lactones) is 2. The minimum Gasteiger partial charge on any atom is -0.427 e. The number of ether oxygens (including phenoxy) is 2. The van der Waals surface area contributed by atoms with Crippen LogP contribution in [0.5, 0.6) is 0 Å². The number of hydrogen-bond acceptors (Lipinski definition) is 8. The van der Waals surface area contributed by atoms with E-state index in [0.717, 1.165) is 17.2 Å². The van der Waals surface area contributed by atoms with E-state index in [-0.39, 0.29) is 34.1 Å². The average molecular weight is 332 g/mol. The Morgan fingerprint density at radius 1 is 0.833 bits per heavy atom. The van der Waals surface area contributed by atoms with Crippen LogP contribution in [0.25, 0.3) is 0 Å². The summed E-state index contributed by atoms with van der Waals surface area (Å²) in [6.45, 7) is 5.76. The van der Waals surface area contributed by atoms with E-state index >= 15 is 0 Å². The van der Waals surface area contributed by atoms with Gasteiger partial charge in [-0.15, -0.1) is 0 Å². The first-order chi connectivity index (χ1) is 11.1. The second-order valence-corrected chi connectivity index (χ2v) is 5.31. The van der Waals surface area contributed by atoms with Crippen LogP contribution in [-0.2, 0) is 28.7 Å². The van der Waals surface area contributed by atoms with Crippen LogP contribution < -0.4 is 5.84 Å². The molecule has 0 spiro atoms. The van der Waals surface area contributed by atoms with Gasteiger partial charge in [-0.3, -0.25) is 14.6 Å². The highest BCUT2D eigenvalue weighted by Gasteiger charge is 2.32. The number of carbonyl (C=O) groups is 4. The van der Waals surface area contributed by atoms with Gasteiger partial charge in [-0.25, -0.2) is 15.4 Å². The number of hydrogen-bond donors (Lipinski definition) is 1. The molecule has 24 heavy (non-hydrogen) atoms. The van der Waals surface area contributed by atoms with Crippen molar-refractivity contribution in [2.24, 2.45) is 5.84 Å². The van der Waals surface area contributed by atoms with Crippen molar-refractivity contribution in [3.05, 3.63) is 46.2 Å². The smallest absolute Gasteiger partial charge is 0.349 e. The van der Waals surface area contributed by atoms with Gasteiger partial charge in [0.25, 0.3) is 0 Å². The van der Waals surface area contributed by atoms with Crippen LogP contribution in [0.4, 0.5) is 0 Å². The Bertz CT molecular complexity index is 731. The molecule has 0 saturated heterocycles. The molecule has 0 atom stereocenters. The van der Waals surface area contributed by atoms with Crippen LogP contribution >= 0.6 is 0 Å². The molecule has 8 heteroatoms. The fraction of sp³-hybridized carbons (Fsp3) is 0.250. The minimum absolute atomic E-state index is 0.0469. The molecule has 0 aromatic heterocycles. The predicted octanol–water partition coefficient (Wildman–Crippen LogP) is 0.770. The molecule has 0 amide bonds. The molecule has 0 aromatic carbocycles. The largest absolute Gasteiger partial charge is 0.427 e. The Morgan fingerprint density at radius 3 is 1.46 bits per heavy atom. The molecule has 0 bridgehead atoms. The molecule has 0 aliphatic carbocycles. The van der Waals surface area contributed by atoms with Crippen LogP contribution in [0.15, 0.2) is 46.2 Å². The van der Waals surface area contributed by atoms with Crippen molar-refractivity contribution in [1.29, 1.82) is 0 Å². The van der Waals surface area contributed by atoms with Gasteiger partial charge < -0.3 is 9.47 Å². The average Bonchev–Trinajstić information content (AvgIpc) is 2.43. The normalized spacial score (nSPS) is 22.4. The van der Waals surface area contributed by atoms with Crippen molar-refractivity contribution in [2.45, 2.75) is 27.7 Å². The van der Waals surface area contributed by atoms with Gasteiger partial charge in [0, 0.05) is 23.5 Å². The lowest BCUT2D eigenvalue weighted by atomic mass is 10.0. The zero-order valence-corrected chi connectivity index (χ0v) is 13.6. The maximum atomic E-state index is 12.0. The van der Waals surface area contributed by atoms with Gasteiger partial charge >= 0.3 is 11.9 Å². The van der Waals surface area contributed by atoms with Crippen molar-refractivity contribution < 1.29 is 28.7 Å². The van der Waals surface area contributed by atoms with Crippen molar-refractivity contribution >= 4 is 23.5 Å². The number of esters is 2. The summed E-state index contributed by atoms with van der Waals surface area (Å²) in [4.78, 5) is 47.9. The van der Waals surface area contributed by atoms with E-state index in [2.05, 4.69) is 0 Å². The summed E-state index contributed by atoms with van der Waals surface area (Å²) in [5.74, 6) is 3.41. The van der Waals surface area contributed by atoms with E-state index in [4.69, 9.17) is 15.3 Å². The quantitative estimate of drug-likeness (QED) is 0.259. The summed E-state index contributed by atoms with van der Waals surface area (Å²) >= 11 is 0. The van der Waals surface area contributed by atoms with Gasteiger partial charge in [-0.2, -0.15) is 0 Å². The maximum Gasteiger partial charge on any atom is 0.349 e. The standard InChI is InChI=1S/C16H16N2O6/c1-7-5-11(19)13(15(21)23-7)9(3)18(17)10(4)14-12(20)6-8(2)24-16(14)22/h5-6H,17H2,1-4H3/b13-9-,14-10+. The monoisotopic (exact) mass is 332 g/mol. The first-order valence-corrected chi connectivity index (χ1v) is 6.99. The van der Waals surface area contributed by atoms with Crippen LogP contribution in [0.1, 0.15) is 27.7 Å². The predicted molar refractivity (Wildman–Crippen MR) is 81.1 cm³/mol. The summed E-state index contributed by atoms with van der Waals surface area (Å²) in [6.07, 6.45) is 2.31. The van der Waals surface area contributed by atoms with E-state index in [1.165, 1.54) is 27.7 Å². The van der Waals surface area contributed by atoms with Gasteiger partial charge in [0.2, 0.25) is 0 Å². The third kappa shape index (κ3) is 3.04. The Labute approximate surface area is 137 Å². The molecule has 0 unspecified atom stereocenters. The Kier molecular flexibility index (Phi) is 4.52. The molecule has 2 aliphatic rings. The van der Waals surface area contributed by atoms with E-state index < -0.39 is 23.5 Å². The van der Waals surface area contributed by atoms with E-state index in [1.807, 2.05) is 0 Å². The van der Waals surface area contributed by atoms with Crippen LogP contribution in [0.3, 0.4) is 0 Å². The molecular weight excluding hydrogens is 316 g/mol. The second-order valence-electron chi connectivity index (χ2n) is 5.31. The third-order valence-electron chi connectivity index (χ3n) is 3.52. The van der Waals surface area contributed by atoms with Gasteiger partial charge in [-0.1, -0.05) is 0 Å². The summed E-state index contributed by atoms with van der Waals surface area (Å²) in [6, 6.07) is 0. The fourth-order valence-corrected chi connectivity index (χ4v) is 2.31. The lowest BCUT2D eigenvalue weighted by molar-refractivity contribution is -0.139. The number of carbonyl (C=O) groups excluding carboxylic acids is 4. The lowest BCUT2D eigenvalue weighted by Gasteiger charge is -2.25. The van der Waals surface area contributed by atoms with E-state index in [0.29, 0.717) is 0 Å². The highest BCUT2D eigenvalue weighted by Crippen LogP contribution is 2.24. The Morgan fingerprint density at radius 2 is 1.17 bits per heavy atom. The van der Waals surface area contributed by atoms with E-state index in [1.54, 1.807) is 0 Å². The van der Waals surface area contributed by atoms with Gasteiger partial charge in [0.1, 0.15) is 22.7 Å². The van der Waals surface area contributed by atoms with E-state index in [9.17, 15) is 19.2 Å². The van der Waals surface area contributed by atoms with Crippen LogP contribution in [0.2, 0.25) is 0 Å². The highest BCUT2D eigenvalue weighted by molar-refractivity contribution is 6.25. The van der Waals surface area contributed by atoms with Crippen molar-refractivity contribution in [3.8, 4) is 0 Å². The topological polar surface area (TPSA) is 116 Å². The van der Waals surface area contributed by atoms with Crippen LogP contribution in [0, 0.1) is 0 Å². The van der Waals surface area contributed by atoms with Gasteiger partial charge in [0.15, 0.2) is 11.6 Å².